The summed E-state index contributed by atoms with van der Waals surface area (Å²) in [5.74, 6) is -0.117. The molecule has 1 aromatic rings. The summed E-state index contributed by atoms with van der Waals surface area (Å²) in [4.78, 5) is 12.5. The third-order valence-corrected chi connectivity index (χ3v) is 5.11. The molecule has 1 fully saturated rings. The van der Waals surface area contributed by atoms with Gasteiger partial charge >= 0.3 is 0 Å². The van der Waals surface area contributed by atoms with E-state index in [-0.39, 0.29) is 5.91 Å². The third-order valence-electron chi connectivity index (χ3n) is 3.87. The molecule has 0 saturated heterocycles. The molecule has 1 unspecified atom stereocenters. The van der Waals surface area contributed by atoms with Crippen LogP contribution in [0.15, 0.2) is 41.5 Å². The second-order valence-electron chi connectivity index (χ2n) is 5.26. The minimum Gasteiger partial charge on any atom is -0.322 e. The number of hydrogen-bond donors (Lipinski definition) is 2. The molecule has 2 aliphatic rings. The average Bonchev–Trinajstić information content (AvgIpc) is 2.60. The lowest BCUT2D eigenvalue weighted by molar-refractivity contribution is -0.112. The van der Waals surface area contributed by atoms with Gasteiger partial charge in [0.15, 0.2) is 0 Å². The van der Waals surface area contributed by atoms with Crippen molar-refractivity contribution >= 4 is 28.4 Å². The molecule has 1 aliphatic heterocycles. The van der Waals surface area contributed by atoms with Crippen molar-refractivity contribution in [3.63, 3.8) is 0 Å². The summed E-state index contributed by atoms with van der Waals surface area (Å²) in [6.45, 7) is 0. The summed E-state index contributed by atoms with van der Waals surface area (Å²) in [5.41, 5.74) is 2.62. The van der Waals surface area contributed by atoms with Crippen molar-refractivity contribution in [2.45, 2.75) is 37.4 Å². The van der Waals surface area contributed by atoms with Gasteiger partial charge in [0.2, 0.25) is 0 Å². The minimum atomic E-state index is -0.117. The van der Waals surface area contributed by atoms with Crippen LogP contribution >= 0.6 is 11.8 Å². The lowest BCUT2D eigenvalue weighted by Crippen LogP contribution is -2.18. The molecule has 2 N–H and O–H groups in total. The number of anilines is 1. The maximum atomic E-state index is 12.5. The van der Waals surface area contributed by atoms with E-state index in [0.29, 0.717) is 15.9 Å². The van der Waals surface area contributed by atoms with Crippen LogP contribution in [0.25, 0.3) is 0 Å². The molecular weight excluding hydrogens is 268 g/mol. The largest absolute Gasteiger partial charge is 0.322 e. The quantitative estimate of drug-likeness (QED) is 0.864. The number of rotatable bonds is 2. The SMILES string of the molecule is N=C1SC2CCCCCC2=C1C(=O)Nc1ccccc1. The lowest BCUT2D eigenvalue weighted by Gasteiger charge is -2.10. The van der Waals surface area contributed by atoms with E-state index in [1.807, 2.05) is 30.3 Å². The van der Waals surface area contributed by atoms with E-state index in [1.54, 1.807) is 11.8 Å². The second kappa shape index (κ2) is 5.83. The number of thioether (sulfide) groups is 1. The van der Waals surface area contributed by atoms with Gasteiger partial charge in [-0.15, -0.1) is 0 Å². The van der Waals surface area contributed by atoms with Crippen LogP contribution in [0.5, 0.6) is 0 Å². The molecule has 3 rings (SSSR count). The van der Waals surface area contributed by atoms with E-state index in [1.165, 1.54) is 18.4 Å². The van der Waals surface area contributed by atoms with Gasteiger partial charge in [-0.25, -0.2) is 0 Å². The molecule has 0 spiro atoms. The fourth-order valence-corrected chi connectivity index (χ4v) is 4.17. The first-order valence-electron chi connectivity index (χ1n) is 7.11. The monoisotopic (exact) mass is 286 g/mol. The first-order chi connectivity index (χ1) is 9.75. The zero-order valence-corrected chi connectivity index (χ0v) is 12.1. The lowest BCUT2D eigenvalue weighted by atomic mass is 10.0. The van der Waals surface area contributed by atoms with Crippen LogP contribution in [-0.4, -0.2) is 16.2 Å². The topological polar surface area (TPSA) is 53.0 Å². The average molecular weight is 286 g/mol. The molecule has 0 aromatic heterocycles. The normalized spacial score (nSPS) is 22.4. The molecular formula is C16H18N2OS. The zero-order chi connectivity index (χ0) is 13.9. The number of para-hydroxylation sites is 1. The highest BCUT2D eigenvalue weighted by Gasteiger charge is 2.34. The number of amides is 1. The van der Waals surface area contributed by atoms with E-state index >= 15 is 0 Å². The number of fused-ring (bicyclic) bond motifs is 1. The third kappa shape index (κ3) is 2.66. The first-order valence-corrected chi connectivity index (χ1v) is 7.98. The molecule has 104 valence electrons. The molecule has 1 aliphatic carbocycles. The van der Waals surface area contributed by atoms with Crippen LogP contribution in [0.1, 0.15) is 32.1 Å². The Morgan fingerprint density at radius 2 is 2.00 bits per heavy atom. The van der Waals surface area contributed by atoms with Crippen molar-refractivity contribution in [1.82, 2.24) is 0 Å². The Hall–Kier alpha value is -1.55. The fraction of sp³-hybridized carbons (Fsp3) is 0.375. The van der Waals surface area contributed by atoms with Gasteiger partial charge in [-0.1, -0.05) is 42.8 Å². The predicted octanol–water partition coefficient (Wildman–Crippen LogP) is 3.98. The molecule has 3 nitrogen and oxygen atoms in total. The van der Waals surface area contributed by atoms with E-state index in [0.717, 1.165) is 24.9 Å². The summed E-state index contributed by atoms with van der Waals surface area (Å²) in [6, 6.07) is 9.47. The molecule has 4 heteroatoms. The Labute approximate surface area is 123 Å². The van der Waals surface area contributed by atoms with Crippen molar-refractivity contribution in [3.05, 3.63) is 41.5 Å². The van der Waals surface area contributed by atoms with Gasteiger partial charge in [-0.3, -0.25) is 10.2 Å². The van der Waals surface area contributed by atoms with Gasteiger partial charge in [0.05, 0.1) is 5.57 Å². The van der Waals surface area contributed by atoms with Crippen molar-refractivity contribution in [2.24, 2.45) is 0 Å². The van der Waals surface area contributed by atoms with Gasteiger partial charge in [0.25, 0.3) is 5.91 Å². The number of benzene rings is 1. The van der Waals surface area contributed by atoms with Gasteiger partial charge in [-0.05, 0) is 37.0 Å². The summed E-state index contributed by atoms with van der Waals surface area (Å²) >= 11 is 1.56. The van der Waals surface area contributed by atoms with E-state index in [2.05, 4.69) is 5.32 Å². The highest BCUT2D eigenvalue weighted by molar-refractivity contribution is 8.15. The molecule has 20 heavy (non-hydrogen) atoms. The van der Waals surface area contributed by atoms with E-state index < -0.39 is 0 Å². The van der Waals surface area contributed by atoms with Crippen LogP contribution in [0.3, 0.4) is 0 Å². The number of carbonyl (C=O) groups excluding carboxylic acids is 1. The maximum absolute atomic E-state index is 12.5. The highest BCUT2D eigenvalue weighted by atomic mass is 32.2. The van der Waals surface area contributed by atoms with Gasteiger partial charge in [-0.2, -0.15) is 0 Å². The van der Waals surface area contributed by atoms with Crippen molar-refractivity contribution in [1.29, 1.82) is 5.41 Å². The Bertz CT molecular complexity index is 565. The van der Waals surface area contributed by atoms with Crippen molar-refractivity contribution in [3.8, 4) is 0 Å². The number of nitrogens with one attached hydrogen (secondary N) is 2. The Morgan fingerprint density at radius 1 is 1.20 bits per heavy atom. The van der Waals surface area contributed by atoms with Crippen LogP contribution < -0.4 is 5.32 Å². The number of carbonyl (C=O) groups is 1. The van der Waals surface area contributed by atoms with Gasteiger partial charge in [0.1, 0.15) is 5.04 Å². The van der Waals surface area contributed by atoms with Crippen LogP contribution in [0, 0.1) is 5.41 Å². The molecule has 1 amide bonds. The predicted molar refractivity (Wildman–Crippen MR) is 84.3 cm³/mol. The minimum absolute atomic E-state index is 0.117. The Balaban J connectivity index is 1.85. The van der Waals surface area contributed by atoms with Crippen LogP contribution in [0.2, 0.25) is 0 Å². The van der Waals surface area contributed by atoms with E-state index in [9.17, 15) is 4.79 Å². The standard InChI is InChI=1S/C16H18N2OS/c17-15-14(12-9-5-2-6-10-13(12)20-15)16(19)18-11-7-3-1-4-8-11/h1,3-4,7-8,13,17H,2,5-6,9-10H2,(H,18,19). The zero-order valence-electron chi connectivity index (χ0n) is 11.3. The Kier molecular flexibility index (Phi) is 3.92. The maximum Gasteiger partial charge on any atom is 0.258 e. The molecule has 0 radical (unpaired) electrons. The highest BCUT2D eigenvalue weighted by Crippen LogP contribution is 2.42. The van der Waals surface area contributed by atoms with Crippen molar-refractivity contribution in [2.75, 3.05) is 5.32 Å². The fourth-order valence-electron chi connectivity index (χ4n) is 2.88. The summed E-state index contributed by atoms with van der Waals surface area (Å²) < 4.78 is 0. The second-order valence-corrected chi connectivity index (χ2v) is 6.47. The molecule has 1 saturated carbocycles. The summed E-state index contributed by atoms with van der Waals surface area (Å²) in [5, 5.41) is 11.8. The van der Waals surface area contributed by atoms with E-state index in [4.69, 9.17) is 5.41 Å². The van der Waals surface area contributed by atoms with Crippen molar-refractivity contribution < 1.29 is 4.79 Å². The smallest absolute Gasteiger partial charge is 0.258 e. The molecule has 1 atom stereocenters. The summed E-state index contributed by atoms with van der Waals surface area (Å²) in [6.07, 6.45) is 5.66. The van der Waals surface area contributed by atoms with Crippen LogP contribution in [0.4, 0.5) is 5.69 Å². The van der Waals surface area contributed by atoms with Crippen LogP contribution in [-0.2, 0) is 4.79 Å². The van der Waals surface area contributed by atoms with Gasteiger partial charge < -0.3 is 5.32 Å². The summed E-state index contributed by atoms with van der Waals surface area (Å²) in [7, 11) is 0. The molecule has 1 heterocycles. The number of hydrogen-bond acceptors (Lipinski definition) is 3. The van der Waals surface area contributed by atoms with Gasteiger partial charge in [0, 0.05) is 10.9 Å². The molecule has 1 aromatic carbocycles. The molecule has 0 bridgehead atoms. The first kappa shape index (κ1) is 13.4. The Morgan fingerprint density at radius 3 is 2.80 bits per heavy atom.